The van der Waals surface area contributed by atoms with Gasteiger partial charge in [0.15, 0.2) is 0 Å². The van der Waals surface area contributed by atoms with Crippen LogP contribution in [0.3, 0.4) is 0 Å². The average molecular weight is 361 g/mol. The first kappa shape index (κ1) is 23.2. The van der Waals surface area contributed by atoms with Crippen LogP contribution in [0, 0.1) is 0 Å². The Balaban J connectivity index is 3.27. The monoisotopic (exact) mass is 360 g/mol. The van der Waals surface area contributed by atoms with Crippen LogP contribution in [0.25, 0.3) is 0 Å². The summed E-state index contributed by atoms with van der Waals surface area (Å²) in [6.45, 7) is 2.25. The standard InChI is InChI=1S/C19H36O4S/c1-3-4-5-6-7-8-9-10-11-12-13-14-15-16-17-18-19(20)23-24(2,21)22/h10-11H,3-9,12-18H2,1-2H3/b11-10-. The first-order valence-corrected chi connectivity index (χ1v) is 11.3. The van der Waals surface area contributed by atoms with Crippen molar-refractivity contribution in [2.75, 3.05) is 6.26 Å². The van der Waals surface area contributed by atoms with Gasteiger partial charge in [0.2, 0.25) is 0 Å². The molecular weight excluding hydrogens is 324 g/mol. The van der Waals surface area contributed by atoms with Crippen LogP contribution >= 0.6 is 0 Å². The zero-order valence-corrected chi connectivity index (χ0v) is 16.4. The highest BCUT2D eigenvalue weighted by atomic mass is 32.2. The zero-order chi connectivity index (χ0) is 18.1. The van der Waals surface area contributed by atoms with E-state index in [4.69, 9.17) is 0 Å². The molecular formula is C19H36O4S. The van der Waals surface area contributed by atoms with Crippen LogP contribution in [-0.2, 0) is 19.1 Å². The molecule has 0 saturated heterocycles. The van der Waals surface area contributed by atoms with E-state index in [0.29, 0.717) is 6.42 Å². The number of carbonyl (C=O) groups is 1. The Bertz CT molecular complexity index is 427. The molecule has 0 aromatic rings. The lowest BCUT2D eigenvalue weighted by Crippen LogP contribution is -2.10. The van der Waals surface area contributed by atoms with Crippen LogP contribution in [0.15, 0.2) is 12.2 Å². The molecule has 0 aliphatic carbocycles. The minimum absolute atomic E-state index is 0.186. The van der Waals surface area contributed by atoms with Gasteiger partial charge in [-0.1, -0.05) is 70.4 Å². The molecule has 0 bridgehead atoms. The minimum atomic E-state index is -3.65. The van der Waals surface area contributed by atoms with Crippen LogP contribution in [0.5, 0.6) is 0 Å². The molecule has 0 N–H and O–H groups in total. The van der Waals surface area contributed by atoms with E-state index in [1.807, 2.05) is 0 Å². The molecule has 0 heterocycles. The van der Waals surface area contributed by atoms with Crippen molar-refractivity contribution in [1.29, 1.82) is 0 Å². The van der Waals surface area contributed by atoms with E-state index in [9.17, 15) is 13.2 Å². The topological polar surface area (TPSA) is 60.4 Å². The number of hydrogen-bond donors (Lipinski definition) is 0. The number of carbonyl (C=O) groups excluding carboxylic acids is 1. The minimum Gasteiger partial charge on any atom is -0.346 e. The number of allylic oxidation sites excluding steroid dienone is 2. The number of unbranched alkanes of at least 4 members (excludes halogenated alkanes) is 11. The molecule has 0 atom stereocenters. The lowest BCUT2D eigenvalue weighted by atomic mass is 10.1. The molecule has 0 rings (SSSR count). The third-order valence-electron chi connectivity index (χ3n) is 3.89. The summed E-state index contributed by atoms with van der Waals surface area (Å²) in [7, 11) is -3.65. The average Bonchev–Trinajstić information content (AvgIpc) is 2.49. The largest absolute Gasteiger partial charge is 0.346 e. The highest BCUT2D eigenvalue weighted by molar-refractivity contribution is 7.86. The van der Waals surface area contributed by atoms with Crippen molar-refractivity contribution in [1.82, 2.24) is 0 Å². The van der Waals surface area contributed by atoms with Crippen molar-refractivity contribution < 1.29 is 17.4 Å². The summed E-state index contributed by atoms with van der Waals surface area (Å²) in [5.41, 5.74) is 0. The van der Waals surface area contributed by atoms with Crippen LogP contribution in [0.4, 0.5) is 0 Å². The van der Waals surface area contributed by atoms with Gasteiger partial charge in [-0.3, -0.25) is 4.79 Å². The summed E-state index contributed by atoms with van der Waals surface area (Å²) in [6.07, 6.45) is 21.2. The summed E-state index contributed by atoms with van der Waals surface area (Å²) in [4.78, 5) is 11.2. The van der Waals surface area contributed by atoms with E-state index in [-0.39, 0.29) is 6.42 Å². The van der Waals surface area contributed by atoms with Gasteiger partial charge >= 0.3 is 16.1 Å². The molecule has 0 aromatic heterocycles. The van der Waals surface area contributed by atoms with E-state index >= 15 is 0 Å². The predicted octanol–water partition coefficient (Wildman–Crippen LogP) is 5.53. The first-order valence-electron chi connectivity index (χ1n) is 9.53. The second-order valence-corrected chi connectivity index (χ2v) is 8.07. The fourth-order valence-corrected chi connectivity index (χ4v) is 2.97. The molecule has 0 spiro atoms. The van der Waals surface area contributed by atoms with Gasteiger partial charge in [-0.2, -0.15) is 8.42 Å². The van der Waals surface area contributed by atoms with Crippen molar-refractivity contribution in [2.24, 2.45) is 0 Å². The van der Waals surface area contributed by atoms with Crippen molar-refractivity contribution in [2.45, 2.75) is 96.8 Å². The maximum Gasteiger partial charge on any atom is 0.322 e. The Morgan fingerprint density at radius 3 is 1.75 bits per heavy atom. The molecule has 24 heavy (non-hydrogen) atoms. The van der Waals surface area contributed by atoms with Crippen LogP contribution in [-0.4, -0.2) is 20.6 Å². The summed E-state index contributed by atoms with van der Waals surface area (Å²) < 4.78 is 25.8. The summed E-state index contributed by atoms with van der Waals surface area (Å²) in [5.74, 6) is -0.643. The van der Waals surface area contributed by atoms with E-state index in [1.54, 1.807) is 0 Å². The van der Waals surface area contributed by atoms with Crippen LogP contribution in [0.1, 0.15) is 96.8 Å². The Hall–Kier alpha value is -0.840. The Morgan fingerprint density at radius 1 is 0.792 bits per heavy atom. The lowest BCUT2D eigenvalue weighted by Gasteiger charge is -2.01. The molecule has 142 valence electrons. The molecule has 0 radical (unpaired) electrons. The molecule has 0 aromatic carbocycles. The SMILES string of the molecule is CCCCCCCC/C=C\CCCCCCCC(=O)OS(C)(=O)=O. The molecule has 0 aliphatic heterocycles. The maximum atomic E-state index is 11.2. The molecule has 0 fully saturated rings. The third-order valence-corrected chi connectivity index (χ3v) is 4.38. The number of hydrogen-bond acceptors (Lipinski definition) is 4. The van der Waals surface area contributed by atoms with Gasteiger partial charge in [-0.05, 0) is 32.1 Å². The Labute approximate surface area is 149 Å². The third kappa shape index (κ3) is 19.2. The summed E-state index contributed by atoms with van der Waals surface area (Å²) in [5, 5.41) is 0. The zero-order valence-electron chi connectivity index (χ0n) is 15.6. The second-order valence-electron chi connectivity index (χ2n) is 6.49. The van der Waals surface area contributed by atoms with E-state index in [1.165, 1.54) is 51.4 Å². The van der Waals surface area contributed by atoms with Crippen molar-refractivity contribution in [3.8, 4) is 0 Å². The van der Waals surface area contributed by atoms with E-state index < -0.39 is 16.1 Å². The molecule has 4 nitrogen and oxygen atoms in total. The van der Waals surface area contributed by atoms with Gasteiger partial charge in [-0.25, -0.2) is 0 Å². The fourth-order valence-electron chi connectivity index (χ4n) is 2.55. The predicted molar refractivity (Wildman–Crippen MR) is 100 cm³/mol. The summed E-state index contributed by atoms with van der Waals surface area (Å²) >= 11 is 0. The van der Waals surface area contributed by atoms with Crippen LogP contribution < -0.4 is 0 Å². The van der Waals surface area contributed by atoms with Gasteiger partial charge < -0.3 is 4.18 Å². The quantitative estimate of drug-likeness (QED) is 0.206. The van der Waals surface area contributed by atoms with Crippen LogP contribution in [0.2, 0.25) is 0 Å². The normalized spacial score (nSPS) is 11.9. The highest BCUT2D eigenvalue weighted by Crippen LogP contribution is 2.10. The lowest BCUT2D eigenvalue weighted by molar-refractivity contribution is -0.133. The highest BCUT2D eigenvalue weighted by Gasteiger charge is 2.09. The Morgan fingerprint density at radius 2 is 1.25 bits per heavy atom. The van der Waals surface area contributed by atoms with Gasteiger partial charge in [-0.15, -0.1) is 0 Å². The van der Waals surface area contributed by atoms with Crippen molar-refractivity contribution >= 4 is 16.1 Å². The van der Waals surface area contributed by atoms with Gasteiger partial charge in [0.05, 0.1) is 6.26 Å². The summed E-state index contributed by atoms with van der Waals surface area (Å²) in [6, 6.07) is 0. The van der Waals surface area contributed by atoms with Crippen molar-refractivity contribution in [3.05, 3.63) is 12.2 Å². The molecule has 0 unspecified atom stereocenters. The first-order chi connectivity index (χ1) is 11.5. The van der Waals surface area contributed by atoms with E-state index in [0.717, 1.165) is 31.9 Å². The molecule has 0 aliphatic rings. The second kappa shape index (κ2) is 15.7. The molecule has 0 amide bonds. The van der Waals surface area contributed by atoms with Gasteiger partial charge in [0.25, 0.3) is 0 Å². The Kier molecular flexibility index (Phi) is 15.1. The van der Waals surface area contributed by atoms with Gasteiger partial charge in [0.1, 0.15) is 0 Å². The fraction of sp³-hybridized carbons (Fsp3) is 0.842. The van der Waals surface area contributed by atoms with Crippen molar-refractivity contribution in [3.63, 3.8) is 0 Å². The van der Waals surface area contributed by atoms with E-state index in [2.05, 4.69) is 23.3 Å². The molecule has 0 saturated carbocycles. The van der Waals surface area contributed by atoms with Gasteiger partial charge in [0, 0.05) is 6.42 Å². The maximum absolute atomic E-state index is 11.2. The smallest absolute Gasteiger partial charge is 0.322 e. The number of rotatable bonds is 16. The molecule has 5 heteroatoms.